The summed E-state index contributed by atoms with van der Waals surface area (Å²) in [6, 6.07) is 10.1. The first-order chi connectivity index (χ1) is 15.7. The number of piperidine rings is 1. The van der Waals surface area contributed by atoms with Gasteiger partial charge in [-0.1, -0.05) is 30.3 Å². The second kappa shape index (κ2) is 9.42. The number of ether oxygens (including phenoxy) is 2. The predicted octanol–water partition coefficient (Wildman–Crippen LogP) is 2.30. The van der Waals surface area contributed by atoms with Gasteiger partial charge in [0.2, 0.25) is 5.91 Å². The molecule has 3 aliphatic heterocycles. The minimum atomic E-state index is -0.0706. The third-order valence-corrected chi connectivity index (χ3v) is 6.78. The number of nitrogens with zero attached hydrogens (tertiary/aromatic N) is 3. The van der Waals surface area contributed by atoms with E-state index >= 15 is 0 Å². The summed E-state index contributed by atoms with van der Waals surface area (Å²) in [6.45, 7) is 3.52. The smallest absolute Gasteiger partial charge is 0.274 e. The number of hydrogen-bond acceptors (Lipinski definition) is 5. The van der Waals surface area contributed by atoms with Gasteiger partial charge in [-0.05, 0) is 31.2 Å². The quantitative estimate of drug-likeness (QED) is 0.774. The molecule has 5 rings (SSSR count). The molecule has 2 atom stereocenters. The normalized spacial score (nSPS) is 23.7. The van der Waals surface area contributed by atoms with Crippen molar-refractivity contribution < 1.29 is 19.1 Å². The summed E-state index contributed by atoms with van der Waals surface area (Å²) in [4.78, 5) is 31.9. The third kappa shape index (κ3) is 4.42. The SMILES string of the molecule is O=C(NC[C@H]1CCCO1)C1CCN(C(=O)c2ncn3c2CO[C@H](c2ccccc2)C3)CC1. The number of rotatable bonds is 5. The Morgan fingerprint density at radius 2 is 1.91 bits per heavy atom. The van der Waals surface area contributed by atoms with Crippen LogP contribution in [-0.2, 0) is 27.4 Å². The second-order valence-electron chi connectivity index (χ2n) is 8.85. The Morgan fingerprint density at radius 1 is 1.09 bits per heavy atom. The number of imidazole rings is 1. The van der Waals surface area contributed by atoms with E-state index in [1.54, 1.807) is 6.33 Å². The van der Waals surface area contributed by atoms with Gasteiger partial charge in [0.25, 0.3) is 5.91 Å². The minimum Gasteiger partial charge on any atom is -0.376 e. The zero-order valence-corrected chi connectivity index (χ0v) is 18.2. The first kappa shape index (κ1) is 21.2. The van der Waals surface area contributed by atoms with Crippen molar-refractivity contribution in [3.8, 4) is 0 Å². The molecule has 2 aromatic rings. The first-order valence-electron chi connectivity index (χ1n) is 11.6. The summed E-state index contributed by atoms with van der Waals surface area (Å²) in [5.74, 6) is -0.0441. The van der Waals surface area contributed by atoms with E-state index in [0.717, 1.165) is 30.7 Å². The summed E-state index contributed by atoms with van der Waals surface area (Å²) >= 11 is 0. The number of carbonyl (C=O) groups excluding carboxylic acids is 2. The lowest BCUT2D eigenvalue weighted by atomic mass is 9.95. The highest BCUT2D eigenvalue weighted by Gasteiger charge is 2.32. The topological polar surface area (TPSA) is 85.7 Å². The fourth-order valence-corrected chi connectivity index (χ4v) is 4.83. The average Bonchev–Trinajstić information content (AvgIpc) is 3.52. The first-order valence-corrected chi connectivity index (χ1v) is 11.6. The molecule has 0 saturated carbocycles. The van der Waals surface area contributed by atoms with Crippen LogP contribution < -0.4 is 5.32 Å². The number of nitrogens with one attached hydrogen (secondary N) is 1. The van der Waals surface area contributed by atoms with Crippen molar-refractivity contribution in [2.24, 2.45) is 5.92 Å². The summed E-state index contributed by atoms with van der Waals surface area (Å²) in [5.41, 5.74) is 2.43. The van der Waals surface area contributed by atoms with Gasteiger partial charge in [-0.2, -0.15) is 0 Å². The third-order valence-electron chi connectivity index (χ3n) is 6.78. The lowest BCUT2D eigenvalue weighted by Gasteiger charge is -2.32. The van der Waals surface area contributed by atoms with Crippen LogP contribution in [0.15, 0.2) is 36.7 Å². The Hall–Kier alpha value is -2.71. The van der Waals surface area contributed by atoms with Crippen LogP contribution >= 0.6 is 0 Å². The molecule has 0 unspecified atom stereocenters. The monoisotopic (exact) mass is 438 g/mol. The highest BCUT2D eigenvalue weighted by molar-refractivity contribution is 5.93. The molecule has 2 saturated heterocycles. The van der Waals surface area contributed by atoms with E-state index in [1.807, 2.05) is 27.7 Å². The standard InChI is InChI=1S/C24H30N4O4/c29-23(25-13-19-7-4-12-31-19)18-8-10-27(11-9-18)24(30)22-20-15-32-21(14-28(20)16-26-22)17-5-2-1-3-6-17/h1-3,5-6,16,18-19,21H,4,7-15H2,(H,25,29)/t19-,21+/m1/s1. The van der Waals surface area contributed by atoms with Gasteiger partial charge < -0.3 is 24.3 Å². The van der Waals surface area contributed by atoms with Crippen molar-refractivity contribution in [1.29, 1.82) is 0 Å². The fraction of sp³-hybridized carbons (Fsp3) is 0.542. The van der Waals surface area contributed by atoms with Crippen LogP contribution in [0.2, 0.25) is 0 Å². The average molecular weight is 439 g/mol. The Balaban J connectivity index is 1.15. The predicted molar refractivity (Wildman–Crippen MR) is 117 cm³/mol. The van der Waals surface area contributed by atoms with Gasteiger partial charge in [-0.3, -0.25) is 9.59 Å². The molecule has 3 aliphatic rings. The highest BCUT2D eigenvalue weighted by atomic mass is 16.5. The number of aromatic nitrogens is 2. The number of amides is 2. The molecule has 0 bridgehead atoms. The largest absolute Gasteiger partial charge is 0.376 e. The summed E-state index contributed by atoms with van der Waals surface area (Å²) < 4.78 is 13.6. The van der Waals surface area contributed by atoms with Crippen LogP contribution in [0, 0.1) is 5.92 Å². The van der Waals surface area contributed by atoms with E-state index in [2.05, 4.69) is 22.4 Å². The van der Waals surface area contributed by atoms with Crippen LogP contribution in [0.1, 0.15) is 53.5 Å². The van der Waals surface area contributed by atoms with E-state index < -0.39 is 0 Å². The molecule has 4 heterocycles. The highest BCUT2D eigenvalue weighted by Crippen LogP contribution is 2.28. The van der Waals surface area contributed by atoms with Crippen LogP contribution in [-0.4, -0.2) is 58.6 Å². The van der Waals surface area contributed by atoms with Gasteiger partial charge in [0.05, 0.1) is 31.3 Å². The number of hydrogen-bond donors (Lipinski definition) is 1. The van der Waals surface area contributed by atoms with E-state index in [9.17, 15) is 9.59 Å². The van der Waals surface area contributed by atoms with E-state index in [1.165, 1.54) is 0 Å². The Kier molecular flexibility index (Phi) is 6.23. The number of benzene rings is 1. The van der Waals surface area contributed by atoms with Crippen LogP contribution in [0.4, 0.5) is 0 Å². The van der Waals surface area contributed by atoms with Crippen LogP contribution in [0.3, 0.4) is 0 Å². The molecule has 8 heteroatoms. The van der Waals surface area contributed by atoms with Gasteiger partial charge in [0, 0.05) is 32.2 Å². The summed E-state index contributed by atoms with van der Waals surface area (Å²) in [6.07, 6.45) is 5.28. The van der Waals surface area contributed by atoms with Crippen molar-refractivity contribution in [2.75, 3.05) is 26.2 Å². The van der Waals surface area contributed by atoms with Crippen molar-refractivity contribution >= 4 is 11.8 Å². The molecule has 0 aliphatic carbocycles. The van der Waals surface area contributed by atoms with Gasteiger partial charge in [-0.15, -0.1) is 0 Å². The molecular weight excluding hydrogens is 408 g/mol. The molecule has 2 fully saturated rings. The van der Waals surface area contributed by atoms with Crippen molar-refractivity contribution in [3.63, 3.8) is 0 Å². The second-order valence-corrected chi connectivity index (χ2v) is 8.85. The van der Waals surface area contributed by atoms with Crippen LogP contribution in [0.25, 0.3) is 0 Å². The lowest BCUT2D eigenvalue weighted by Crippen LogP contribution is -2.44. The molecule has 8 nitrogen and oxygen atoms in total. The lowest BCUT2D eigenvalue weighted by molar-refractivity contribution is -0.126. The summed E-state index contributed by atoms with van der Waals surface area (Å²) in [7, 11) is 0. The maximum Gasteiger partial charge on any atom is 0.274 e. The van der Waals surface area contributed by atoms with Crippen molar-refractivity contribution in [3.05, 3.63) is 53.6 Å². The zero-order valence-electron chi connectivity index (χ0n) is 18.2. The Labute approximate surface area is 187 Å². The number of carbonyl (C=O) groups is 2. The van der Waals surface area contributed by atoms with E-state index in [4.69, 9.17) is 9.47 Å². The van der Waals surface area contributed by atoms with E-state index in [-0.39, 0.29) is 29.9 Å². The van der Waals surface area contributed by atoms with Crippen molar-refractivity contribution in [1.82, 2.24) is 19.8 Å². The van der Waals surface area contributed by atoms with Gasteiger partial charge >= 0.3 is 0 Å². The summed E-state index contributed by atoms with van der Waals surface area (Å²) in [5, 5.41) is 3.02. The molecule has 0 radical (unpaired) electrons. The van der Waals surface area contributed by atoms with E-state index in [0.29, 0.717) is 51.3 Å². The van der Waals surface area contributed by atoms with Crippen LogP contribution in [0.5, 0.6) is 0 Å². The number of likely N-dealkylation sites (tertiary alicyclic amines) is 1. The molecule has 1 aromatic carbocycles. The number of fused-ring (bicyclic) bond motifs is 1. The maximum absolute atomic E-state index is 13.1. The maximum atomic E-state index is 13.1. The molecule has 32 heavy (non-hydrogen) atoms. The molecule has 2 amide bonds. The van der Waals surface area contributed by atoms with Gasteiger partial charge in [0.15, 0.2) is 5.69 Å². The minimum absolute atomic E-state index is 0.0373. The Bertz CT molecular complexity index is 946. The molecule has 170 valence electrons. The Morgan fingerprint density at radius 3 is 2.66 bits per heavy atom. The van der Waals surface area contributed by atoms with Gasteiger partial charge in [-0.25, -0.2) is 4.98 Å². The molecule has 0 spiro atoms. The fourth-order valence-electron chi connectivity index (χ4n) is 4.83. The van der Waals surface area contributed by atoms with Crippen molar-refractivity contribution in [2.45, 2.75) is 51.0 Å². The molecule has 1 aromatic heterocycles. The zero-order chi connectivity index (χ0) is 21.9. The molecular formula is C24H30N4O4. The molecule has 1 N–H and O–H groups in total. The van der Waals surface area contributed by atoms with Gasteiger partial charge in [0.1, 0.15) is 6.10 Å².